The van der Waals surface area contributed by atoms with E-state index in [9.17, 15) is 4.79 Å². The molecule has 3 rings (SSSR count). The van der Waals surface area contributed by atoms with E-state index in [1.807, 2.05) is 6.07 Å². The third kappa shape index (κ3) is 2.58. The van der Waals surface area contributed by atoms with Gasteiger partial charge in [-0.25, -0.2) is 9.78 Å². The van der Waals surface area contributed by atoms with Crippen LogP contribution in [0.2, 0.25) is 0 Å². The first kappa shape index (κ1) is 13.9. The molecular weight excluding hydrogens is 270 g/mol. The van der Waals surface area contributed by atoms with Crippen molar-refractivity contribution in [2.24, 2.45) is 0 Å². The summed E-state index contributed by atoms with van der Waals surface area (Å²) in [6.45, 7) is 6.04. The van der Waals surface area contributed by atoms with Gasteiger partial charge >= 0.3 is 5.97 Å². The quantitative estimate of drug-likeness (QED) is 0.932. The molecule has 21 heavy (non-hydrogen) atoms. The minimum absolute atomic E-state index is 0.275. The molecule has 0 spiro atoms. The molecule has 1 aliphatic rings. The second-order valence-electron chi connectivity index (χ2n) is 5.17. The molecule has 0 radical (unpaired) electrons. The highest BCUT2D eigenvalue weighted by atomic mass is 16.5. The molecule has 1 aliphatic heterocycles. The third-order valence-corrected chi connectivity index (χ3v) is 3.72. The number of ether oxygens (including phenoxy) is 1. The molecule has 0 saturated carbocycles. The summed E-state index contributed by atoms with van der Waals surface area (Å²) >= 11 is 0. The summed E-state index contributed by atoms with van der Waals surface area (Å²) < 4.78 is 7.56. The van der Waals surface area contributed by atoms with Crippen molar-refractivity contribution >= 4 is 23.0 Å². The average molecular weight is 289 g/mol. The standard InChI is InChI=1S/C15H19N3O3/c1-2-5-18-13-4-3-11(14(19)20)10-12(13)16-15(18)17-6-8-21-9-7-17/h3-4,10H,2,5-9H2,1H3,(H,19,20). The lowest BCUT2D eigenvalue weighted by molar-refractivity contribution is 0.0697. The van der Waals surface area contributed by atoms with E-state index in [4.69, 9.17) is 9.84 Å². The van der Waals surface area contributed by atoms with E-state index in [0.717, 1.165) is 43.0 Å². The van der Waals surface area contributed by atoms with Crippen molar-refractivity contribution in [1.29, 1.82) is 0 Å². The van der Waals surface area contributed by atoms with E-state index in [-0.39, 0.29) is 5.56 Å². The van der Waals surface area contributed by atoms with Gasteiger partial charge in [0.25, 0.3) is 0 Å². The highest BCUT2D eigenvalue weighted by Gasteiger charge is 2.19. The van der Waals surface area contributed by atoms with Crippen molar-refractivity contribution in [3.8, 4) is 0 Å². The van der Waals surface area contributed by atoms with E-state index < -0.39 is 5.97 Å². The molecule has 0 unspecified atom stereocenters. The fourth-order valence-electron chi connectivity index (χ4n) is 2.70. The van der Waals surface area contributed by atoms with Crippen molar-refractivity contribution < 1.29 is 14.6 Å². The largest absolute Gasteiger partial charge is 0.478 e. The third-order valence-electron chi connectivity index (χ3n) is 3.72. The van der Waals surface area contributed by atoms with E-state index in [0.29, 0.717) is 13.2 Å². The van der Waals surface area contributed by atoms with E-state index in [1.54, 1.807) is 12.1 Å². The lowest BCUT2D eigenvalue weighted by Crippen LogP contribution is -2.38. The molecule has 1 saturated heterocycles. The molecule has 1 fully saturated rings. The smallest absolute Gasteiger partial charge is 0.335 e. The van der Waals surface area contributed by atoms with Gasteiger partial charge < -0.3 is 19.3 Å². The first-order chi connectivity index (χ1) is 10.2. The number of anilines is 1. The normalized spacial score (nSPS) is 15.6. The van der Waals surface area contributed by atoms with Gasteiger partial charge in [-0.15, -0.1) is 0 Å². The average Bonchev–Trinajstić information content (AvgIpc) is 2.86. The van der Waals surface area contributed by atoms with Crippen molar-refractivity contribution in [2.45, 2.75) is 19.9 Å². The summed E-state index contributed by atoms with van der Waals surface area (Å²) in [4.78, 5) is 18.0. The highest BCUT2D eigenvalue weighted by molar-refractivity contribution is 5.93. The molecule has 6 heteroatoms. The Balaban J connectivity index is 2.08. The number of nitrogens with zero attached hydrogens (tertiary/aromatic N) is 3. The second-order valence-corrected chi connectivity index (χ2v) is 5.17. The van der Waals surface area contributed by atoms with E-state index in [2.05, 4.69) is 21.4 Å². The van der Waals surface area contributed by atoms with Gasteiger partial charge in [-0.1, -0.05) is 6.92 Å². The minimum Gasteiger partial charge on any atom is -0.478 e. The highest BCUT2D eigenvalue weighted by Crippen LogP contribution is 2.25. The number of fused-ring (bicyclic) bond motifs is 1. The number of carboxylic acid groups (broad SMARTS) is 1. The zero-order valence-electron chi connectivity index (χ0n) is 12.1. The van der Waals surface area contributed by atoms with Crippen LogP contribution < -0.4 is 4.90 Å². The Morgan fingerprint density at radius 3 is 2.81 bits per heavy atom. The molecule has 1 aromatic carbocycles. The molecule has 0 bridgehead atoms. The Morgan fingerprint density at radius 2 is 2.14 bits per heavy atom. The number of hydrogen-bond donors (Lipinski definition) is 1. The van der Waals surface area contributed by atoms with Crippen LogP contribution in [0.1, 0.15) is 23.7 Å². The predicted octanol–water partition coefficient (Wildman–Crippen LogP) is 1.98. The summed E-state index contributed by atoms with van der Waals surface area (Å²) in [6, 6.07) is 5.14. The molecule has 6 nitrogen and oxygen atoms in total. The number of benzene rings is 1. The van der Waals surface area contributed by atoms with Crippen LogP contribution >= 0.6 is 0 Å². The Morgan fingerprint density at radius 1 is 1.38 bits per heavy atom. The lowest BCUT2D eigenvalue weighted by Gasteiger charge is -2.28. The van der Waals surface area contributed by atoms with Crippen molar-refractivity contribution in [3.63, 3.8) is 0 Å². The SMILES string of the molecule is CCCn1c(N2CCOCC2)nc2cc(C(=O)O)ccc21. The van der Waals surface area contributed by atoms with Crippen LogP contribution in [0, 0.1) is 0 Å². The minimum atomic E-state index is -0.921. The Hall–Kier alpha value is -2.08. The molecule has 0 atom stereocenters. The Kier molecular flexibility index (Phi) is 3.79. The van der Waals surface area contributed by atoms with Gasteiger partial charge in [0.15, 0.2) is 0 Å². The molecule has 112 valence electrons. The lowest BCUT2D eigenvalue weighted by atomic mass is 10.2. The zero-order chi connectivity index (χ0) is 14.8. The van der Waals surface area contributed by atoms with Crippen LogP contribution in [0.5, 0.6) is 0 Å². The molecule has 0 aliphatic carbocycles. The summed E-state index contributed by atoms with van der Waals surface area (Å²) in [6.07, 6.45) is 1.00. The number of aromatic carboxylic acids is 1. The molecule has 2 aromatic rings. The van der Waals surface area contributed by atoms with E-state index >= 15 is 0 Å². The number of aromatic nitrogens is 2. The molecule has 1 aromatic heterocycles. The van der Waals surface area contributed by atoms with Gasteiger partial charge in [0.2, 0.25) is 5.95 Å². The summed E-state index contributed by atoms with van der Waals surface area (Å²) in [5.41, 5.74) is 2.00. The fourth-order valence-corrected chi connectivity index (χ4v) is 2.70. The number of aryl methyl sites for hydroxylation is 1. The van der Waals surface area contributed by atoms with Crippen LogP contribution in [0.3, 0.4) is 0 Å². The summed E-state index contributed by atoms with van der Waals surface area (Å²) in [5, 5.41) is 9.11. The maximum absolute atomic E-state index is 11.1. The molecule has 0 amide bonds. The van der Waals surface area contributed by atoms with Gasteiger partial charge in [0, 0.05) is 19.6 Å². The predicted molar refractivity (Wildman–Crippen MR) is 80.0 cm³/mol. The van der Waals surface area contributed by atoms with Crippen LogP contribution in [-0.2, 0) is 11.3 Å². The Bertz CT molecular complexity index is 659. The maximum Gasteiger partial charge on any atom is 0.335 e. The first-order valence-corrected chi connectivity index (χ1v) is 7.27. The van der Waals surface area contributed by atoms with Crippen LogP contribution in [0.15, 0.2) is 18.2 Å². The molecular formula is C15H19N3O3. The second kappa shape index (κ2) is 5.73. The van der Waals surface area contributed by atoms with Crippen LogP contribution in [0.25, 0.3) is 11.0 Å². The molecule has 2 heterocycles. The van der Waals surface area contributed by atoms with Gasteiger partial charge in [-0.2, -0.15) is 0 Å². The van der Waals surface area contributed by atoms with Crippen LogP contribution in [0.4, 0.5) is 5.95 Å². The summed E-state index contributed by atoms with van der Waals surface area (Å²) in [5.74, 6) is -0.00690. The Labute approximate surface area is 122 Å². The number of morpholine rings is 1. The number of carboxylic acids is 1. The van der Waals surface area contributed by atoms with Crippen molar-refractivity contribution in [3.05, 3.63) is 23.8 Å². The summed E-state index contributed by atoms with van der Waals surface area (Å²) in [7, 11) is 0. The van der Waals surface area contributed by atoms with Gasteiger partial charge in [-0.05, 0) is 24.6 Å². The zero-order valence-corrected chi connectivity index (χ0v) is 12.1. The number of hydrogen-bond acceptors (Lipinski definition) is 4. The fraction of sp³-hybridized carbons (Fsp3) is 0.467. The number of rotatable bonds is 4. The maximum atomic E-state index is 11.1. The first-order valence-electron chi connectivity index (χ1n) is 7.27. The number of imidazole rings is 1. The van der Waals surface area contributed by atoms with E-state index in [1.165, 1.54) is 0 Å². The topological polar surface area (TPSA) is 67.6 Å². The number of carbonyl (C=O) groups is 1. The van der Waals surface area contributed by atoms with Crippen LogP contribution in [-0.4, -0.2) is 46.9 Å². The molecule has 1 N–H and O–H groups in total. The monoisotopic (exact) mass is 289 g/mol. The van der Waals surface area contributed by atoms with Gasteiger partial charge in [0.05, 0.1) is 29.8 Å². The van der Waals surface area contributed by atoms with Crippen molar-refractivity contribution in [1.82, 2.24) is 9.55 Å². The van der Waals surface area contributed by atoms with Gasteiger partial charge in [-0.3, -0.25) is 0 Å². The van der Waals surface area contributed by atoms with Gasteiger partial charge in [0.1, 0.15) is 0 Å². The van der Waals surface area contributed by atoms with Crippen molar-refractivity contribution in [2.75, 3.05) is 31.2 Å².